The Morgan fingerprint density at radius 2 is 1.57 bits per heavy atom. The van der Waals surface area contributed by atoms with Crippen molar-refractivity contribution in [1.29, 1.82) is 0 Å². The summed E-state index contributed by atoms with van der Waals surface area (Å²) in [5, 5.41) is 3.92. The fourth-order valence-corrected chi connectivity index (χ4v) is 5.64. The first-order chi connectivity index (χ1) is 13.7. The Hall–Kier alpha value is -2.16. The highest BCUT2D eigenvalue weighted by Gasteiger charge is 2.47. The lowest BCUT2D eigenvalue weighted by atomic mass is 9.97. The highest BCUT2D eigenvalue weighted by atomic mass is 15.4. The minimum Gasteiger partial charge on any atom is -0.373 e. The molecule has 0 saturated heterocycles. The van der Waals surface area contributed by atoms with Gasteiger partial charge in [0.1, 0.15) is 6.17 Å². The van der Waals surface area contributed by atoms with Crippen LogP contribution >= 0.6 is 0 Å². The lowest BCUT2D eigenvalue weighted by Gasteiger charge is -2.49. The molecule has 3 heteroatoms. The van der Waals surface area contributed by atoms with Gasteiger partial charge in [0, 0.05) is 23.8 Å². The second-order valence-electron chi connectivity index (χ2n) is 9.21. The van der Waals surface area contributed by atoms with Crippen LogP contribution < -0.4 is 15.1 Å². The van der Waals surface area contributed by atoms with Gasteiger partial charge in [-0.25, -0.2) is 0 Å². The summed E-state index contributed by atoms with van der Waals surface area (Å²) < 4.78 is 0. The number of fused-ring (bicyclic) bond motifs is 4. The van der Waals surface area contributed by atoms with Crippen molar-refractivity contribution in [2.75, 3.05) is 21.7 Å². The fraction of sp³-hybridized carbons (Fsp3) is 0.520. The molecular weight excluding hydrogens is 342 g/mol. The summed E-state index contributed by atoms with van der Waals surface area (Å²) in [5.74, 6) is 0.639. The third-order valence-corrected chi connectivity index (χ3v) is 6.76. The van der Waals surface area contributed by atoms with Gasteiger partial charge in [-0.05, 0) is 37.0 Å². The van der Waals surface area contributed by atoms with Gasteiger partial charge in [0.15, 0.2) is 0 Å². The maximum atomic E-state index is 3.92. The first-order valence-electron chi connectivity index (χ1n) is 11.2. The molecule has 0 radical (unpaired) electrons. The largest absolute Gasteiger partial charge is 0.373 e. The number of hydrogen-bond acceptors (Lipinski definition) is 3. The van der Waals surface area contributed by atoms with Crippen LogP contribution in [-0.2, 0) is 0 Å². The van der Waals surface area contributed by atoms with Crippen LogP contribution in [0.5, 0.6) is 0 Å². The predicted molar refractivity (Wildman–Crippen MR) is 119 cm³/mol. The molecule has 5 rings (SSSR count). The van der Waals surface area contributed by atoms with E-state index in [4.69, 9.17) is 0 Å². The van der Waals surface area contributed by atoms with E-state index in [9.17, 15) is 0 Å². The average Bonchev–Trinajstić information content (AvgIpc) is 2.87. The summed E-state index contributed by atoms with van der Waals surface area (Å²) in [6, 6.07) is 19.0. The summed E-state index contributed by atoms with van der Waals surface area (Å²) in [7, 11) is 0. The summed E-state index contributed by atoms with van der Waals surface area (Å²) in [6.07, 6.45) is 8.55. The van der Waals surface area contributed by atoms with E-state index in [1.807, 2.05) is 0 Å². The van der Waals surface area contributed by atoms with Gasteiger partial charge in [-0.3, -0.25) is 0 Å². The Bertz CT molecular complexity index is 822. The summed E-state index contributed by atoms with van der Waals surface area (Å²) in [4.78, 5) is 5.50. The molecule has 3 aliphatic rings. The van der Waals surface area contributed by atoms with Crippen LogP contribution in [0.15, 0.2) is 48.5 Å². The topological polar surface area (TPSA) is 18.5 Å². The van der Waals surface area contributed by atoms with E-state index in [-0.39, 0.29) is 0 Å². The zero-order chi connectivity index (χ0) is 19.1. The Morgan fingerprint density at radius 1 is 0.893 bits per heavy atom. The Kier molecular flexibility index (Phi) is 4.70. The summed E-state index contributed by atoms with van der Waals surface area (Å²) in [6.45, 7) is 5.79. The maximum absolute atomic E-state index is 3.92. The number of nitrogens with zero attached hydrogens (tertiary/aromatic N) is 2. The minimum atomic E-state index is 0.341. The first-order valence-corrected chi connectivity index (χ1v) is 11.2. The average molecular weight is 376 g/mol. The third-order valence-electron chi connectivity index (χ3n) is 6.76. The first kappa shape index (κ1) is 17.9. The molecule has 1 fully saturated rings. The predicted octanol–water partition coefficient (Wildman–Crippen LogP) is 6.18. The highest BCUT2D eigenvalue weighted by molar-refractivity contribution is 5.79. The number of para-hydroxylation sites is 3. The zero-order valence-corrected chi connectivity index (χ0v) is 17.3. The molecule has 1 N–H and O–H groups in total. The van der Waals surface area contributed by atoms with E-state index in [0.29, 0.717) is 24.2 Å². The molecule has 1 saturated carbocycles. The molecule has 1 aliphatic carbocycles. The molecule has 2 unspecified atom stereocenters. The Labute approximate surface area is 169 Å². The number of anilines is 3. The van der Waals surface area contributed by atoms with E-state index in [1.165, 1.54) is 61.2 Å². The van der Waals surface area contributed by atoms with Crippen molar-refractivity contribution in [2.24, 2.45) is 5.92 Å². The van der Waals surface area contributed by atoms with E-state index in [0.717, 1.165) is 6.54 Å². The maximum Gasteiger partial charge on any atom is 0.127 e. The van der Waals surface area contributed by atoms with Crippen molar-refractivity contribution in [3.8, 4) is 0 Å². The molecule has 0 aromatic heterocycles. The SMILES string of the molecule is CC(C)CN1c2ccccc2C2Nc3ccccc3N(C3CCCCCC3)C21. The molecule has 2 atom stereocenters. The Morgan fingerprint density at radius 3 is 2.32 bits per heavy atom. The van der Waals surface area contributed by atoms with Crippen LogP contribution in [0.3, 0.4) is 0 Å². The number of hydrogen-bond donors (Lipinski definition) is 1. The lowest BCUT2D eigenvalue weighted by molar-refractivity contribution is 0.412. The van der Waals surface area contributed by atoms with Gasteiger partial charge in [-0.1, -0.05) is 69.9 Å². The van der Waals surface area contributed by atoms with E-state index in [1.54, 1.807) is 0 Å². The lowest BCUT2D eigenvalue weighted by Crippen LogP contribution is -2.57. The molecular formula is C25H33N3. The standard InChI is InChI=1S/C25H33N3/c1-18(2)17-27-22-15-9-7-13-20(22)24-25(27)28(19-11-5-3-4-6-12-19)23-16-10-8-14-21(23)26-24/h7-10,13-16,18-19,24-26H,3-6,11-12,17H2,1-2H3. The van der Waals surface area contributed by atoms with Crippen molar-refractivity contribution in [1.82, 2.24) is 0 Å². The van der Waals surface area contributed by atoms with Gasteiger partial charge in [0.25, 0.3) is 0 Å². The smallest absolute Gasteiger partial charge is 0.127 e. The molecule has 148 valence electrons. The van der Waals surface area contributed by atoms with E-state index < -0.39 is 0 Å². The van der Waals surface area contributed by atoms with Crippen molar-refractivity contribution in [3.63, 3.8) is 0 Å². The van der Waals surface area contributed by atoms with E-state index >= 15 is 0 Å². The number of nitrogens with one attached hydrogen (secondary N) is 1. The normalized spacial score (nSPS) is 24.4. The van der Waals surface area contributed by atoms with Crippen LogP contribution in [-0.4, -0.2) is 18.8 Å². The van der Waals surface area contributed by atoms with Crippen molar-refractivity contribution >= 4 is 17.1 Å². The van der Waals surface area contributed by atoms with Crippen LogP contribution in [0.4, 0.5) is 17.1 Å². The molecule has 2 aromatic rings. The van der Waals surface area contributed by atoms with Gasteiger partial charge >= 0.3 is 0 Å². The van der Waals surface area contributed by atoms with Gasteiger partial charge in [-0.15, -0.1) is 0 Å². The highest BCUT2D eigenvalue weighted by Crippen LogP contribution is 2.50. The molecule has 0 spiro atoms. The number of benzene rings is 2. The second kappa shape index (κ2) is 7.35. The zero-order valence-electron chi connectivity index (χ0n) is 17.3. The molecule has 0 bridgehead atoms. The molecule has 2 heterocycles. The fourth-order valence-electron chi connectivity index (χ4n) is 5.64. The van der Waals surface area contributed by atoms with Crippen LogP contribution in [0.25, 0.3) is 0 Å². The molecule has 0 amide bonds. The van der Waals surface area contributed by atoms with E-state index in [2.05, 4.69) is 77.5 Å². The quantitative estimate of drug-likeness (QED) is 0.646. The second-order valence-corrected chi connectivity index (χ2v) is 9.21. The van der Waals surface area contributed by atoms with Gasteiger partial charge in [-0.2, -0.15) is 0 Å². The van der Waals surface area contributed by atoms with Crippen molar-refractivity contribution in [2.45, 2.75) is 70.6 Å². The molecule has 28 heavy (non-hydrogen) atoms. The Balaban J connectivity index is 1.63. The number of rotatable bonds is 3. The van der Waals surface area contributed by atoms with Crippen molar-refractivity contribution in [3.05, 3.63) is 54.1 Å². The molecule has 2 aromatic carbocycles. The molecule has 3 nitrogen and oxygen atoms in total. The van der Waals surface area contributed by atoms with Crippen LogP contribution in [0.1, 0.15) is 64.0 Å². The van der Waals surface area contributed by atoms with Gasteiger partial charge in [0.05, 0.1) is 17.4 Å². The third kappa shape index (κ3) is 2.96. The van der Waals surface area contributed by atoms with Crippen LogP contribution in [0.2, 0.25) is 0 Å². The summed E-state index contributed by atoms with van der Waals surface area (Å²) in [5.41, 5.74) is 5.58. The minimum absolute atomic E-state index is 0.341. The van der Waals surface area contributed by atoms with Crippen molar-refractivity contribution < 1.29 is 0 Å². The monoisotopic (exact) mass is 375 g/mol. The van der Waals surface area contributed by atoms with Gasteiger partial charge < -0.3 is 15.1 Å². The van der Waals surface area contributed by atoms with Crippen LogP contribution in [0, 0.1) is 5.92 Å². The summed E-state index contributed by atoms with van der Waals surface area (Å²) >= 11 is 0. The van der Waals surface area contributed by atoms with Gasteiger partial charge in [0.2, 0.25) is 0 Å². The molecule has 2 aliphatic heterocycles.